The van der Waals surface area contributed by atoms with Crippen LogP contribution in [0.1, 0.15) is 25.1 Å². The van der Waals surface area contributed by atoms with Crippen molar-refractivity contribution in [1.82, 2.24) is 24.0 Å². The van der Waals surface area contributed by atoms with Crippen molar-refractivity contribution in [3.8, 4) is 5.75 Å². The van der Waals surface area contributed by atoms with Crippen molar-refractivity contribution in [1.29, 1.82) is 0 Å². The number of hydrogen-bond donors (Lipinski definition) is 1. The predicted molar refractivity (Wildman–Crippen MR) is 110 cm³/mol. The van der Waals surface area contributed by atoms with E-state index >= 15 is 0 Å². The number of rotatable bonds is 6. The lowest BCUT2D eigenvalue weighted by atomic mass is 9.92. The van der Waals surface area contributed by atoms with Crippen LogP contribution in [0.15, 0.2) is 18.3 Å². The van der Waals surface area contributed by atoms with E-state index in [1.165, 1.54) is 16.0 Å². The Kier molecular flexibility index (Phi) is 5.11. The predicted octanol–water partition coefficient (Wildman–Crippen LogP) is 3.55. The van der Waals surface area contributed by atoms with E-state index in [-0.39, 0.29) is 11.8 Å². The average molecular weight is 453 g/mol. The molecular weight excluding hydrogens is 431 g/mol. The number of pyridine rings is 1. The van der Waals surface area contributed by atoms with Gasteiger partial charge in [-0.15, -0.1) is 5.10 Å². The molecule has 3 aromatic rings. The van der Waals surface area contributed by atoms with Crippen LogP contribution in [-0.4, -0.2) is 55.9 Å². The van der Waals surface area contributed by atoms with Crippen LogP contribution in [0.3, 0.4) is 0 Å². The molecule has 2 bridgehead atoms. The summed E-state index contributed by atoms with van der Waals surface area (Å²) in [4.78, 5) is 11.3. The van der Waals surface area contributed by atoms with Gasteiger partial charge in [0.1, 0.15) is 5.82 Å². The van der Waals surface area contributed by atoms with Crippen molar-refractivity contribution >= 4 is 28.3 Å². The maximum absolute atomic E-state index is 12.4. The first-order valence-corrected chi connectivity index (χ1v) is 11.0. The molecule has 4 heterocycles. The smallest absolute Gasteiger partial charge is 0.392 e. The lowest BCUT2D eigenvalue weighted by Crippen LogP contribution is -2.48. The van der Waals surface area contributed by atoms with Gasteiger partial charge >= 0.3 is 6.18 Å². The van der Waals surface area contributed by atoms with Crippen LogP contribution in [-0.2, 0) is 0 Å². The van der Waals surface area contributed by atoms with Crippen molar-refractivity contribution in [2.24, 2.45) is 11.8 Å². The zero-order chi connectivity index (χ0) is 21.6. The second-order valence-electron chi connectivity index (χ2n) is 8.09. The number of ether oxygens (including phenoxy) is 1. The molecule has 0 aromatic carbocycles. The van der Waals surface area contributed by atoms with E-state index in [0.29, 0.717) is 23.4 Å². The van der Waals surface area contributed by atoms with Crippen molar-refractivity contribution in [2.45, 2.75) is 38.4 Å². The van der Waals surface area contributed by atoms with Gasteiger partial charge in [-0.2, -0.15) is 22.5 Å². The summed E-state index contributed by atoms with van der Waals surface area (Å²) >= 11 is 1.44. The van der Waals surface area contributed by atoms with E-state index in [1.807, 2.05) is 6.92 Å². The van der Waals surface area contributed by atoms with Crippen LogP contribution in [0.4, 0.5) is 24.3 Å². The SMILES string of the molecule is Cc1nsc(N2CC3CC[C@@H](C2)[C@@H]3Nc2nc3c(OCCC(F)(F)F)cccn3n2)n1. The zero-order valence-electron chi connectivity index (χ0n) is 16.8. The molecule has 1 saturated heterocycles. The second kappa shape index (κ2) is 7.81. The Hall–Kier alpha value is -2.63. The molecule has 1 unspecified atom stereocenters. The van der Waals surface area contributed by atoms with Crippen LogP contribution in [0.2, 0.25) is 0 Å². The lowest BCUT2D eigenvalue weighted by molar-refractivity contribution is -0.139. The monoisotopic (exact) mass is 453 g/mol. The van der Waals surface area contributed by atoms with Gasteiger partial charge in [-0.1, -0.05) is 0 Å². The van der Waals surface area contributed by atoms with E-state index in [4.69, 9.17) is 4.74 Å². The number of aromatic nitrogens is 5. The molecule has 1 saturated carbocycles. The van der Waals surface area contributed by atoms with Crippen LogP contribution in [0.5, 0.6) is 5.75 Å². The molecule has 0 spiro atoms. The van der Waals surface area contributed by atoms with Crippen molar-refractivity contribution < 1.29 is 17.9 Å². The van der Waals surface area contributed by atoms with Gasteiger partial charge in [-0.25, -0.2) is 9.50 Å². The summed E-state index contributed by atoms with van der Waals surface area (Å²) in [5.74, 6) is 2.44. The number of nitrogens with one attached hydrogen (secondary N) is 1. The first kappa shape index (κ1) is 20.3. The first-order chi connectivity index (χ1) is 14.9. The normalized spacial score (nSPS) is 23.5. The summed E-state index contributed by atoms with van der Waals surface area (Å²) in [5.41, 5.74) is 0.404. The Bertz CT molecular complexity index is 1050. The van der Waals surface area contributed by atoms with Crippen LogP contribution >= 0.6 is 11.5 Å². The first-order valence-electron chi connectivity index (χ1n) is 10.2. The van der Waals surface area contributed by atoms with E-state index in [9.17, 15) is 13.2 Å². The number of piperidine rings is 1. The molecule has 2 aliphatic rings. The summed E-state index contributed by atoms with van der Waals surface area (Å²) in [6, 6.07) is 3.54. The quantitative estimate of drug-likeness (QED) is 0.611. The fourth-order valence-electron chi connectivity index (χ4n) is 4.51. The third-order valence-electron chi connectivity index (χ3n) is 5.89. The average Bonchev–Trinajstić information content (AvgIpc) is 3.37. The molecule has 0 amide bonds. The fraction of sp³-hybridized carbons (Fsp3) is 0.579. The van der Waals surface area contributed by atoms with E-state index in [2.05, 4.69) is 29.7 Å². The van der Waals surface area contributed by atoms with Gasteiger partial charge in [0, 0.05) is 36.9 Å². The highest BCUT2D eigenvalue weighted by atomic mass is 32.1. The Balaban J connectivity index is 1.28. The number of nitrogens with zero attached hydrogens (tertiary/aromatic N) is 6. The number of anilines is 2. The van der Waals surface area contributed by atoms with Crippen molar-refractivity contribution in [3.05, 3.63) is 24.2 Å². The minimum Gasteiger partial charge on any atom is -0.489 e. The summed E-state index contributed by atoms with van der Waals surface area (Å²) < 4.78 is 48.4. The molecule has 12 heteroatoms. The minimum atomic E-state index is -4.26. The molecule has 3 aromatic heterocycles. The molecule has 0 radical (unpaired) electrons. The van der Waals surface area contributed by atoms with E-state index in [0.717, 1.165) is 36.9 Å². The fourth-order valence-corrected chi connectivity index (χ4v) is 5.20. The Morgan fingerprint density at radius 2 is 2.00 bits per heavy atom. The standard InChI is InChI=1S/C19H22F3N7OS/c1-11-23-18(31-27-11)28-9-12-4-5-13(10-28)15(12)24-17-25-16-14(3-2-7-29(16)26-17)30-8-6-19(20,21)22/h2-3,7,12-13,15H,4-6,8-10H2,1H3,(H,24,26)/t12-,13?,15-/m0/s1. The number of hydrogen-bond acceptors (Lipinski definition) is 8. The molecule has 8 nitrogen and oxygen atoms in total. The number of halogens is 3. The molecule has 1 aliphatic heterocycles. The minimum absolute atomic E-state index is 0.247. The highest BCUT2D eigenvalue weighted by molar-refractivity contribution is 7.09. The van der Waals surface area contributed by atoms with Crippen LogP contribution < -0.4 is 15.0 Å². The summed E-state index contributed by atoms with van der Waals surface area (Å²) in [5, 5.41) is 8.91. The Morgan fingerprint density at radius 3 is 2.68 bits per heavy atom. The molecule has 3 atom stereocenters. The maximum atomic E-state index is 12.4. The van der Waals surface area contributed by atoms with Crippen molar-refractivity contribution in [3.63, 3.8) is 0 Å². The molecule has 2 fully saturated rings. The Morgan fingerprint density at radius 1 is 1.23 bits per heavy atom. The van der Waals surface area contributed by atoms with Gasteiger partial charge in [-0.05, 0) is 43.7 Å². The summed E-state index contributed by atoms with van der Waals surface area (Å²) in [6.45, 7) is 3.26. The number of alkyl halides is 3. The van der Waals surface area contributed by atoms with E-state index in [1.54, 1.807) is 18.3 Å². The molecule has 5 rings (SSSR count). The third kappa shape index (κ3) is 4.25. The highest BCUT2D eigenvalue weighted by Gasteiger charge is 2.43. The lowest BCUT2D eigenvalue weighted by Gasteiger charge is -2.37. The largest absolute Gasteiger partial charge is 0.489 e. The number of aryl methyl sites for hydroxylation is 1. The van der Waals surface area contributed by atoms with Gasteiger partial charge in [0.05, 0.1) is 13.0 Å². The van der Waals surface area contributed by atoms with Crippen molar-refractivity contribution in [2.75, 3.05) is 29.9 Å². The third-order valence-corrected chi connectivity index (χ3v) is 6.75. The summed E-state index contributed by atoms with van der Waals surface area (Å²) in [7, 11) is 0. The van der Waals surface area contributed by atoms with Gasteiger partial charge < -0.3 is 15.0 Å². The molecule has 1 aliphatic carbocycles. The Labute approximate surface area is 180 Å². The van der Waals surface area contributed by atoms with Gasteiger partial charge in [0.2, 0.25) is 11.1 Å². The number of fused-ring (bicyclic) bond motifs is 3. The van der Waals surface area contributed by atoms with Crippen LogP contribution in [0, 0.1) is 18.8 Å². The second-order valence-corrected chi connectivity index (χ2v) is 8.82. The van der Waals surface area contributed by atoms with Gasteiger partial charge in [0.25, 0.3) is 0 Å². The van der Waals surface area contributed by atoms with E-state index < -0.39 is 19.2 Å². The molecule has 1 N–H and O–H groups in total. The molecular formula is C19H22F3N7OS. The zero-order valence-corrected chi connectivity index (χ0v) is 17.7. The van der Waals surface area contributed by atoms with Gasteiger partial charge in [-0.3, -0.25) is 0 Å². The van der Waals surface area contributed by atoms with Crippen LogP contribution in [0.25, 0.3) is 5.65 Å². The topological polar surface area (TPSA) is 80.5 Å². The molecule has 31 heavy (non-hydrogen) atoms. The van der Waals surface area contributed by atoms with Gasteiger partial charge in [0.15, 0.2) is 11.4 Å². The highest BCUT2D eigenvalue weighted by Crippen LogP contribution is 2.40. The maximum Gasteiger partial charge on any atom is 0.392 e. The summed E-state index contributed by atoms with van der Waals surface area (Å²) in [6.07, 6.45) is -1.32. The molecule has 166 valence electrons.